The van der Waals surface area contributed by atoms with Gasteiger partial charge in [-0.05, 0) is 0 Å². The molecule has 1 aromatic carbocycles. The lowest BCUT2D eigenvalue weighted by Crippen LogP contribution is -2.53. The molecular formula is C14H17N3O2. The third kappa shape index (κ3) is 2.46. The summed E-state index contributed by atoms with van der Waals surface area (Å²) in [5, 5.41) is 2.84. The van der Waals surface area contributed by atoms with Gasteiger partial charge in [-0.15, -0.1) is 0 Å². The number of benzene rings is 1. The molecule has 2 amide bonds. The van der Waals surface area contributed by atoms with Crippen molar-refractivity contribution >= 4 is 11.8 Å². The molecule has 19 heavy (non-hydrogen) atoms. The van der Waals surface area contributed by atoms with Crippen molar-refractivity contribution in [2.75, 3.05) is 32.7 Å². The first-order valence-electron chi connectivity index (χ1n) is 6.59. The van der Waals surface area contributed by atoms with Crippen molar-refractivity contribution in [3.63, 3.8) is 0 Å². The number of ketones is 1. The van der Waals surface area contributed by atoms with Gasteiger partial charge in [-0.1, -0.05) is 30.3 Å². The summed E-state index contributed by atoms with van der Waals surface area (Å²) in [6.45, 7) is 3.37. The van der Waals surface area contributed by atoms with Gasteiger partial charge in [0.1, 0.15) is 0 Å². The molecule has 2 aliphatic heterocycles. The maximum Gasteiger partial charge on any atom is 0.317 e. The Labute approximate surface area is 112 Å². The van der Waals surface area contributed by atoms with Crippen LogP contribution in [0, 0.1) is 0 Å². The average Bonchev–Trinajstić information content (AvgIpc) is 2.81. The van der Waals surface area contributed by atoms with E-state index in [0.717, 1.165) is 18.7 Å². The molecule has 0 radical (unpaired) electrons. The SMILES string of the molecule is O=C(CN1CCN2C(=O)NCC2C1)c1ccccc1. The van der Waals surface area contributed by atoms with E-state index in [1.807, 2.05) is 35.2 Å². The molecule has 0 bridgehead atoms. The molecule has 2 saturated heterocycles. The van der Waals surface area contributed by atoms with E-state index in [-0.39, 0.29) is 17.9 Å². The molecule has 1 unspecified atom stereocenters. The van der Waals surface area contributed by atoms with E-state index in [0.29, 0.717) is 19.6 Å². The predicted octanol–water partition coefficient (Wildman–Crippen LogP) is 0.579. The zero-order valence-electron chi connectivity index (χ0n) is 10.7. The molecule has 1 aromatic rings. The van der Waals surface area contributed by atoms with Crippen molar-refractivity contribution in [1.29, 1.82) is 0 Å². The number of nitrogens with zero attached hydrogens (tertiary/aromatic N) is 2. The molecule has 0 spiro atoms. The molecule has 1 atom stereocenters. The van der Waals surface area contributed by atoms with E-state index in [1.54, 1.807) is 0 Å². The smallest absolute Gasteiger partial charge is 0.317 e. The molecule has 5 heteroatoms. The fourth-order valence-corrected chi connectivity index (χ4v) is 2.73. The first-order valence-corrected chi connectivity index (χ1v) is 6.59. The van der Waals surface area contributed by atoms with Crippen molar-refractivity contribution in [2.45, 2.75) is 6.04 Å². The van der Waals surface area contributed by atoms with Gasteiger partial charge < -0.3 is 10.2 Å². The van der Waals surface area contributed by atoms with Crippen LogP contribution in [0.4, 0.5) is 4.79 Å². The highest BCUT2D eigenvalue weighted by atomic mass is 16.2. The molecule has 1 N–H and O–H groups in total. The Bertz CT molecular complexity index is 489. The number of hydrogen-bond acceptors (Lipinski definition) is 3. The van der Waals surface area contributed by atoms with Crippen LogP contribution >= 0.6 is 0 Å². The van der Waals surface area contributed by atoms with Gasteiger partial charge in [0, 0.05) is 31.7 Å². The molecule has 0 saturated carbocycles. The van der Waals surface area contributed by atoms with Crippen LogP contribution in [0.3, 0.4) is 0 Å². The van der Waals surface area contributed by atoms with Crippen LogP contribution in [0.25, 0.3) is 0 Å². The second kappa shape index (κ2) is 5.01. The number of amides is 2. The van der Waals surface area contributed by atoms with Crippen molar-refractivity contribution in [3.8, 4) is 0 Å². The van der Waals surface area contributed by atoms with Crippen molar-refractivity contribution in [1.82, 2.24) is 15.1 Å². The summed E-state index contributed by atoms with van der Waals surface area (Å²) in [5.41, 5.74) is 0.755. The third-order valence-corrected chi connectivity index (χ3v) is 3.78. The zero-order valence-corrected chi connectivity index (χ0v) is 10.7. The average molecular weight is 259 g/mol. The van der Waals surface area contributed by atoms with Gasteiger partial charge in [0.05, 0.1) is 12.6 Å². The second-order valence-electron chi connectivity index (χ2n) is 5.06. The fraction of sp³-hybridized carbons (Fsp3) is 0.429. The summed E-state index contributed by atoms with van der Waals surface area (Å²) >= 11 is 0. The topological polar surface area (TPSA) is 52.7 Å². The Balaban J connectivity index is 1.60. The van der Waals surface area contributed by atoms with Gasteiger partial charge in [0.15, 0.2) is 5.78 Å². The maximum atomic E-state index is 12.1. The Morgan fingerprint density at radius 1 is 1.26 bits per heavy atom. The maximum absolute atomic E-state index is 12.1. The van der Waals surface area contributed by atoms with Crippen LogP contribution in [-0.4, -0.2) is 60.4 Å². The molecule has 2 fully saturated rings. The predicted molar refractivity (Wildman–Crippen MR) is 71.1 cm³/mol. The van der Waals surface area contributed by atoms with Crippen LogP contribution in [0.15, 0.2) is 30.3 Å². The van der Waals surface area contributed by atoms with E-state index in [4.69, 9.17) is 0 Å². The number of nitrogens with one attached hydrogen (secondary N) is 1. The summed E-state index contributed by atoms with van der Waals surface area (Å²) in [4.78, 5) is 27.6. The molecule has 100 valence electrons. The second-order valence-corrected chi connectivity index (χ2v) is 5.06. The lowest BCUT2D eigenvalue weighted by molar-refractivity contribution is 0.0838. The lowest BCUT2D eigenvalue weighted by Gasteiger charge is -2.35. The molecular weight excluding hydrogens is 242 g/mol. The minimum Gasteiger partial charge on any atom is -0.336 e. The van der Waals surface area contributed by atoms with Crippen LogP contribution in [0.1, 0.15) is 10.4 Å². The van der Waals surface area contributed by atoms with Crippen molar-refractivity contribution < 1.29 is 9.59 Å². The van der Waals surface area contributed by atoms with E-state index in [1.165, 1.54) is 0 Å². The van der Waals surface area contributed by atoms with Gasteiger partial charge in [0.25, 0.3) is 0 Å². The van der Waals surface area contributed by atoms with E-state index < -0.39 is 0 Å². The number of Topliss-reactive ketones (excluding diaryl/α,β-unsaturated/α-hetero) is 1. The van der Waals surface area contributed by atoms with Crippen LogP contribution < -0.4 is 5.32 Å². The first-order chi connectivity index (χ1) is 9.24. The summed E-state index contributed by atoms with van der Waals surface area (Å²) in [6.07, 6.45) is 0. The number of urea groups is 1. The number of piperazine rings is 1. The van der Waals surface area contributed by atoms with Crippen molar-refractivity contribution in [3.05, 3.63) is 35.9 Å². The zero-order chi connectivity index (χ0) is 13.2. The molecule has 0 aromatic heterocycles. The Kier molecular flexibility index (Phi) is 3.21. The van der Waals surface area contributed by atoms with Gasteiger partial charge >= 0.3 is 6.03 Å². The van der Waals surface area contributed by atoms with Crippen LogP contribution in [-0.2, 0) is 0 Å². The molecule has 5 nitrogen and oxygen atoms in total. The molecule has 2 heterocycles. The van der Waals surface area contributed by atoms with E-state index in [2.05, 4.69) is 10.2 Å². The standard InChI is InChI=1S/C14H17N3O2/c18-13(11-4-2-1-3-5-11)10-16-6-7-17-12(9-16)8-15-14(17)19/h1-5,12H,6-10H2,(H,15,19). The number of carbonyl (C=O) groups is 2. The highest BCUT2D eigenvalue weighted by Gasteiger charge is 2.35. The lowest BCUT2D eigenvalue weighted by atomic mass is 10.1. The largest absolute Gasteiger partial charge is 0.336 e. The minimum absolute atomic E-state index is 0.0269. The normalized spacial score (nSPS) is 23.1. The number of fused-ring (bicyclic) bond motifs is 1. The van der Waals surface area contributed by atoms with Gasteiger partial charge in [-0.25, -0.2) is 4.79 Å². The summed E-state index contributed by atoms with van der Waals surface area (Å²) in [5.74, 6) is 0.145. The highest BCUT2D eigenvalue weighted by Crippen LogP contribution is 2.14. The summed E-state index contributed by atoms with van der Waals surface area (Å²) in [6, 6.07) is 9.60. The van der Waals surface area contributed by atoms with Gasteiger partial charge in [-0.2, -0.15) is 0 Å². The summed E-state index contributed by atoms with van der Waals surface area (Å²) in [7, 11) is 0. The molecule has 0 aliphatic carbocycles. The van der Waals surface area contributed by atoms with Gasteiger partial charge in [0.2, 0.25) is 0 Å². The number of carbonyl (C=O) groups excluding carboxylic acids is 2. The quantitative estimate of drug-likeness (QED) is 0.808. The van der Waals surface area contributed by atoms with Crippen LogP contribution in [0.5, 0.6) is 0 Å². The summed E-state index contributed by atoms with van der Waals surface area (Å²) < 4.78 is 0. The van der Waals surface area contributed by atoms with Crippen LogP contribution in [0.2, 0.25) is 0 Å². The fourth-order valence-electron chi connectivity index (χ4n) is 2.73. The van der Waals surface area contributed by atoms with E-state index >= 15 is 0 Å². The minimum atomic E-state index is 0.0269. The molecule has 2 aliphatic rings. The van der Waals surface area contributed by atoms with E-state index in [9.17, 15) is 9.59 Å². The van der Waals surface area contributed by atoms with Gasteiger partial charge in [-0.3, -0.25) is 9.69 Å². The monoisotopic (exact) mass is 259 g/mol. The first kappa shape index (κ1) is 12.2. The Morgan fingerprint density at radius 3 is 2.84 bits per heavy atom. The van der Waals surface area contributed by atoms with Crippen molar-refractivity contribution in [2.24, 2.45) is 0 Å². The highest BCUT2D eigenvalue weighted by molar-refractivity contribution is 5.97. The number of hydrogen-bond donors (Lipinski definition) is 1. The molecule has 3 rings (SSSR count). The third-order valence-electron chi connectivity index (χ3n) is 3.78. The Hall–Kier alpha value is -1.88. The number of rotatable bonds is 3. The Morgan fingerprint density at radius 2 is 2.05 bits per heavy atom.